The number of allylic oxidation sites excluding steroid dienone is 1. The minimum Gasteiger partial charge on any atom is -0.376 e. The summed E-state index contributed by atoms with van der Waals surface area (Å²) in [6, 6.07) is 15.6. The second-order valence-electron chi connectivity index (χ2n) is 5.75. The lowest BCUT2D eigenvalue weighted by Crippen LogP contribution is -2.31. The topological polar surface area (TPSA) is 49.0 Å². The van der Waals surface area contributed by atoms with Gasteiger partial charge in [-0.3, -0.25) is 4.79 Å². The zero-order valence-electron chi connectivity index (χ0n) is 12.9. The van der Waals surface area contributed by atoms with Crippen LogP contribution in [0.4, 0.5) is 0 Å². The number of hydrogen-bond donors (Lipinski definition) is 0. The van der Waals surface area contributed by atoms with Crippen LogP contribution in [0.1, 0.15) is 29.2 Å². The van der Waals surface area contributed by atoms with E-state index < -0.39 is 0 Å². The van der Waals surface area contributed by atoms with E-state index >= 15 is 0 Å². The Hall–Kier alpha value is -2.80. The lowest BCUT2D eigenvalue weighted by atomic mass is 10.0. The molecule has 1 aromatic carbocycles. The molecule has 1 aliphatic heterocycles. The fourth-order valence-corrected chi connectivity index (χ4v) is 2.97. The van der Waals surface area contributed by atoms with Gasteiger partial charge in [0.05, 0.1) is 0 Å². The summed E-state index contributed by atoms with van der Waals surface area (Å²) in [6.07, 6.45) is 7.94. The number of Topliss-reactive ketones (excluding diaryl/α,β-unsaturated/α-hetero) is 1. The predicted octanol–water partition coefficient (Wildman–Crippen LogP) is 3.42. The highest BCUT2D eigenvalue weighted by atomic mass is 16.1. The highest BCUT2D eigenvalue weighted by Crippen LogP contribution is 2.23. The molecule has 0 spiro atoms. The van der Waals surface area contributed by atoms with Crippen LogP contribution in [0.5, 0.6) is 0 Å². The molecule has 2 heterocycles. The van der Waals surface area contributed by atoms with Gasteiger partial charge in [0.1, 0.15) is 11.6 Å². The van der Waals surface area contributed by atoms with Crippen molar-refractivity contribution in [2.24, 2.45) is 0 Å². The lowest BCUT2D eigenvalue weighted by molar-refractivity contribution is 0.103. The standard InChI is InChI=1S/C19H19N3O/c20-14-17(19(23)16-6-2-1-3-7-16)15-21-12-8-18(9-13-21)22-10-4-5-11-22/h1-7,10-11,15,18H,8-9,12-13H2. The van der Waals surface area contributed by atoms with Gasteiger partial charge in [-0.25, -0.2) is 0 Å². The van der Waals surface area contributed by atoms with Crippen molar-refractivity contribution in [3.05, 3.63) is 72.2 Å². The molecule has 0 atom stereocenters. The normalized spacial score (nSPS) is 16.1. The molecule has 1 aliphatic rings. The maximum Gasteiger partial charge on any atom is 0.205 e. The zero-order valence-corrected chi connectivity index (χ0v) is 12.9. The van der Waals surface area contributed by atoms with E-state index in [-0.39, 0.29) is 11.4 Å². The number of rotatable bonds is 4. The van der Waals surface area contributed by atoms with Crippen molar-refractivity contribution in [2.45, 2.75) is 18.9 Å². The Kier molecular flexibility index (Phi) is 4.58. The number of likely N-dealkylation sites (tertiary alicyclic amines) is 1. The molecule has 0 unspecified atom stereocenters. The van der Waals surface area contributed by atoms with Crippen LogP contribution in [0, 0.1) is 11.3 Å². The fourth-order valence-electron chi connectivity index (χ4n) is 2.97. The molecule has 3 rings (SSSR count). The molecule has 0 aliphatic carbocycles. The third-order valence-electron chi connectivity index (χ3n) is 4.26. The van der Waals surface area contributed by atoms with E-state index in [4.69, 9.17) is 0 Å². The molecular weight excluding hydrogens is 286 g/mol. The van der Waals surface area contributed by atoms with E-state index in [1.807, 2.05) is 30.3 Å². The second kappa shape index (κ2) is 6.97. The number of ketones is 1. The SMILES string of the molecule is N#CC(=CN1CCC(n2cccc2)CC1)C(=O)c1ccccc1. The maximum absolute atomic E-state index is 12.4. The smallest absolute Gasteiger partial charge is 0.205 e. The van der Waals surface area contributed by atoms with Gasteiger partial charge in [0, 0.05) is 43.3 Å². The molecule has 0 amide bonds. The molecule has 0 radical (unpaired) electrons. The van der Waals surface area contributed by atoms with Gasteiger partial charge in [-0.15, -0.1) is 0 Å². The zero-order chi connectivity index (χ0) is 16.1. The average Bonchev–Trinajstić information content (AvgIpc) is 3.15. The van der Waals surface area contributed by atoms with Crippen LogP contribution in [0.3, 0.4) is 0 Å². The molecule has 4 nitrogen and oxygen atoms in total. The van der Waals surface area contributed by atoms with Gasteiger partial charge in [-0.2, -0.15) is 5.26 Å². The third-order valence-corrected chi connectivity index (χ3v) is 4.26. The molecular formula is C19H19N3O. The van der Waals surface area contributed by atoms with Crippen molar-refractivity contribution in [2.75, 3.05) is 13.1 Å². The maximum atomic E-state index is 12.4. The van der Waals surface area contributed by atoms with Crippen LogP contribution in [-0.4, -0.2) is 28.3 Å². The number of hydrogen-bond acceptors (Lipinski definition) is 3. The van der Waals surface area contributed by atoms with Crippen LogP contribution in [-0.2, 0) is 0 Å². The lowest BCUT2D eigenvalue weighted by Gasteiger charge is -2.32. The number of nitrogens with zero attached hydrogens (tertiary/aromatic N) is 3. The number of carbonyl (C=O) groups is 1. The van der Waals surface area contributed by atoms with Crippen LogP contribution < -0.4 is 0 Å². The minimum atomic E-state index is -0.208. The fraction of sp³-hybridized carbons (Fsp3) is 0.263. The summed E-state index contributed by atoms with van der Waals surface area (Å²) in [4.78, 5) is 14.5. The van der Waals surface area contributed by atoms with Crippen molar-refractivity contribution in [3.8, 4) is 6.07 Å². The van der Waals surface area contributed by atoms with E-state index in [2.05, 4.69) is 27.9 Å². The van der Waals surface area contributed by atoms with Gasteiger partial charge in [0.15, 0.2) is 0 Å². The van der Waals surface area contributed by atoms with E-state index in [0.29, 0.717) is 11.6 Å². The van der Waals surface area contributed by atoms with Gasteiger partial charge in [-0.1, -0.05) is 30.3 Å². The summed E-state index contributed by atoms with van der Waals surface area (Å²) in [6.45, 7) is 1.71. The average molecular weight is 305 g/mol. The number of nitriles is 1. The van der Waals surface area contributed by atoms with Gasteiger partial charge >= 0.3 is 0 Å². The van der Waals surface area contributed by atoms with Crippen molar-refractivity contribution in [1.29, 1.82) is 5.26 Å². The van der Waals surface area contributed by atoms with Gasteiger partial charge in [0.2, 0.25) is 5.78 Å². The summed E-state index contributed by atoms with van der Waals surface area (Å²) in [5.41, 5.74) is 0.762. The second-order valence-corrected chi connectivity index (χ2v) is 5.75. The summed E-state index contributed by atoms with van der Waals surface area (Å²) in [7, 11) is 0. The van der Waals surface area contributed by atoms with Crippen molar-refractivity contribution < 1.29 is 4.79 Å². The van der Waals surface area contributed by atoms with E-state index in [0.717, 1.165) is 25.9 Å². The van der Waals surface area contributed by atoms with E-state index in [9.17, 15) is 10.1 Å². The Bertz CT molecular complexity index is 718. The van der Waals surface area contributed by atoms with Crippen molar-refractivity contribution >= 4 is 5.78 Å². The first-order valence-electron chi connectivity index (χ1n) is 7.86. The Labute approximate surface area is 136 Å². The Balaban J connectivity index is 1.66. The Morgan fingerprint density at radius 1 is 1.09 bits per heavy atom. The van der Waals surface area contributed by atoms with Gasteiger partial charge in [-0.05, 0) is 25.0 Å². The van der Waals surface area contributed by atoms with Crippen LogP contribution in [0.25, 0.3) is 0 Å². The number of benzene rings is 1. The first-order valence-corrected chi connectivity index (χ1v) is 7.86. The van der Waals surface area contributed by atoms with Crippen LogP contribution >= 0.6 is 0 Å². The number of carbonyl (C=O) groups excluding carboxylic acids is 1. The van der Waals surface area contributed by atoms with Crippen LogP contribution in [0.2, 0.25) is 0 Å². The van der Waals surface area contributed by atoms with Gasteiger partial charge < -0.3 is 9.47 Å². The molecule has 23 heavy (non-hydrogen) atoms. The molecule has 2 aromatic rings. The van der Waals surface area contributed by atoms with Crippen molar-refractivity contribution in [3.63, 3.8) is 0 Å². The number of piperidine rings is 1. The predicted molar refractivity (Wildman–Crippen MR) is 88.7 cm³/mol. The quantitative estimate of drug-likeness (QED) is 0.494. The van der Waals surface area contributed by atoms with Gasteiger partial charge in [0.25, 0.3) is 0 Å². The summed E-state index contributed by atoms with van der Waals surface area (Å²) in [5.74, 6) is -0.208. The molecule has 1 saturated heterocycles. The molecule has 4 heteroatoms. The molecule has 0 saturated carbocycles. The Morgan fingerprint density at radius 2 is 1.74 bits per heavy atom. The molecule has 0 N–H and O–H groups in total. The summed E-state index contributed by atoms with van der Waals surface area (Å²) < 4.78 is 2.24. The minimum absolute atomic E-state index is 0.204. The molecule has 1 aromatic heterocycles. The Morgan fingerprint density at radius 3 is 2.35 bits per heavy atom. The summed E-state index contributed by atoms with van der Waals surface area (Å²) >= 11 is 0. The monoisotopic (exact) mass is 305 g/mol. The highest BCUT2D eigenvalue weighted by Gasteiger charge is 2.20. The third kappa shape index (κ3) is 3.51. The largest absolute Gasteiger partial charge is 0.376 e. The number of aromatic nitrogens is 1. The highest BCUT2D eigenvalue weighted by molar-refractivity contribution is 6.11. The molecule has 116 valence electrons. The van der Waals surface area contributed by atoms with Crippen molar-refractivity contribution in [1.82, 2.24) is 9.47 Å². The molecule has 1 fully saturated rings. The summed E-state index contributed by atoms with van der Waals surface area (Å²) in [5, 5.41) is 9.32. The first-order chi connectivity index (χ1) is 11.3. The first kappa shape index (κ1) is 15.1. The molecule has 0 bridgehead atoms. The van der Waals surface area contributed by atoms with Crippen LogP contribution in [0.15, 0.2) is 66.6 Å². The van der Waals surface area contributed by atoms with E-state index in [1.54, 1.807) is 18.3 Å². The van der Waals surface area contributed by atoms with E-state index in [1.165, 1.54) is 0 Å².